The van der Waals surface area contributed by atoms with Gasteiger partial charge in [0, 0.05) is 16.1 Å². The maximum absolute atomic E-state index is 5.56. The molecule has 0 atom stereocenters. The van der Waals surface area contributed by atoms with E-state index in [1.165, 1.54) is 0 Å². The third-order valence-corrected chi connectivity index (χ3v) is 2.71. The lowest BCUT2D eigenvalue weighted by molar-refractivity contribution is 1.38. The fraction of sp³-hybridized carbons (Fsp3) is 0. The molecule has 7 N–H and O–H groups in total. The Morgan fingerprint density at radius 3 is 2.71 bits per heavy atom. The van der Waals surface area contributed by atoms with E-state index in [9.17, 15) is 0 Å². The van der Waals surface area contributed by atoms with Crippen molar-refractivity contribution in [3.63, 3.8) is 0 Å². The number of fused-ring (bicyclic) bond motifs is 1. The second-order valence-electron chi connectivity index (χ2n) is 3.38. The monoisotopic (exact) mass is 294 g/mol. The highest BCUT2D eigenvalue weighted by molar-refractivity contribution is 9.10. The van der Waals surface area contributed by atoms with Gasteiger partial charge in [-0.15, -0.1) is 0 Å². The molecule has 0 spiro atoms. The summed E-state index contributed by atoms with van der Waals surface area (Å²) in [6.07, 6.45) is 1.85. The Balaban J connectivity index is 2.46. The zero-order chi connectivity index (χ0) is 12.4. The van der Waals surface area contributed by atoms with Gasteiger partial charge in [-0.25, -0.2) is 4.99 Å². The second-order valence-corrected chi connectivity index (χ2v) is 4.23. The molecule has 0 saturated heterocycles. The van der Waals surface area contributed by atoms with Crippen LogP contribution in [0.15, 0.2) is 38.9 Å². The predicted molar refractivity (Wildman–Crippen MR) is 73.1 cm³/mol. The molecule has 1 heterocycles. The Hall–Kier alpha value is -2.02. The van der Waals surface area contributed by atoms with Gasteiger partial charge in [-0.1, -0.05) is 0 Å². The van der Waals surface area contributed by atoms with E-state index in [1.807, 2.05) is 24.4 Å². The number of H-pyrrole nitrogens is 1. The van der Waals surface area contributed by atoms with Crippen molar-refractivity contribution in [1.82, 2.24) is 4.98 Å². The maximum Gasteiger partial charge on any atom is 0.223 e. The molecule has 0 aliphatic carbocycles. The van der Waals surface area contributed by atoms with E-state index in [-0.39, 0.29) is 11.9 Å². The van der Waals surface area contributed by atoms with Gasteiger partial charge in [-0.3, -0.25) is 0 Å². The van der Waals surface area contributed by atoms with Gasteiger partial charge >= 0.3 is 0 Å². The van der Waals surface area contributed by atoms with E-state index in [2.05, 4.69) is 30.9 Å². The van der Waals surface area contributed by atoms with Gasteiger partial charge in [0.15, 0.2) is 5.96 Å². The van der Waals surface area contributed by atoms with Gasteiger partial charge in [0.05, 0.1) is 11.2 Å². The van der Waals surface area contributed by atoms with Crippen molar-refractivity contribution in [3.05, 3.63) is 28.9 Å². The average Bonchev–Trinajstić information content (AvgIpc) is 2.64. The Kier molecular flexibility index (Phi) is 3.01. The number of aromatic amines is 1. The van der Waals surface area contributed by atoms with Crippen molar-refractivity contribution in [2.24, 2.45) is 27.2 Å². The molecule has 88 valence electrons. The van der Waals surface area contributed by atoms with Crippen molar-refractivity contribution >= 4 is 44.4 Å². The van der Waals surface area contributed by atoms with E-state index < -0.39 is 0 Å². The minimum Gasteiger partial charge on any atom is -0.370 e. The van der Waals surface area contributed by atoms with E-state index in [1.54, 1.807) is 0 Å². The summed E-state index contributed by atoms with van der Waals surface area (Å²) < 4.78 is 0.899. The normalized spacial score (nSPS) is 11.7. The number of nitrogens with zero attached hydrogens (tertiary/aromatic N) is 2. The SMILES string of the molecule is NC(N)=NC(N)=Nc1cc(Br)c2[nH]ccc2c1. The van der Waals surface area contributed by atoms with Crippen molar-refractivity contribution in [3.8, 4) is 0 Å². The largest absolute Gasteiger partial charge is 0.370 e. The minimum absolute atomic E-state index is 0.0202. The summed E-state index contributed by atoms with van der Waals surface area (Å²) in [6, 6.07) is 5.65. The van der Waals surface area contributed by atoms with E-state index in [4.69, 9.17) is 17.2 Å². The maximum atomic E-state index is 5.56. The molecule has 0 saturated carbocycles. The summed E-state index contributed by atoms with van der Waals surface area (Å²) in [5.74, 6) is -0.0974. The van der Waals surface area contributed by atoms with E-state index in [0.717, 1.165) is 15.4 Å². The summed E-state index contributed by atoms with van der Waals surface area (Å²) in [4.78, 5) is 10.8. The van der Waals surface area contributed by atoms with Gasteiger partial charge in [0.2, 0.25) is 5.96 Å². The molecule has 0 bridgehead atoms. The highest BCUT2D eigenvalue weighted by Crippen LogP contribution is 2.28. The number of hydrogen-bond acceptors (Lipinski definition) is 1. The molecule has 1 aromatic carbocycles. The fourth-order valence-electron chi connectivity index (χ4n) is 1.47. The minimum atomic E-state index is -0.118. The summed E-state index contributed by atoms with van der Waals surface area (Å²) in [7, 11) is 0. The Labute approximate surface area is 106 Å². The van der Waals surface area contributed by atoms with Crippen LogP contribution in [0, 0.1) is 0 Å². The molecule has 0 aliphatic rings. The Morgan fingerprint density at radius 2 is 2.00 bits per heavy atom. The topological polar surface area (TPSA) is 119 Å². The molecule has 0 unspecified atom stereocenters. The summed E-state index contributed by atoms with van der Waals surface area (Å²) in [6.45, 7) is 0. The Morgan fingerprint density at radius 1 is 1.24 bits per heavy atom. The highest BCUT2D eigenvalue weighted by Gasteiger charge is 2.02. The molecule has 0 radical (unpaired) electrons. The predicted octanol–water partition coefficient (Wildman–Crippen LogP) is 1.15. The van der Waals surface area contributed by atoms with Crippen LogP contribution in [0.2, 0.25) is 0 Å². The molecular weight excluding hydrogens is 284 g/mol. The summed E-state index contributed by atoms with van der Waals surface area (Å²) in [5.41, 5.74) is 17.6. The highest BCUT2D eigenvalue weighted by atomic mass is 79.9. The third kappa shape index (κ3) is 2.56. The van der Waals surface area contributed by atoms with Gasteiger partial charge in [0.1, 0.15) is 0 Å². The number of nitrogens with two attached hydrogens (primary N) is 3. The number of halogens is 1. The summed E-state index contributed by atoms with van der Waals surface area (Å²) >= 11 is 3.44. The number of rotatable bonds is 1. The van der Waals surface area contributed by atoms with Crippen LogP contribution in [0.25, 0.3) is 10.9 Å². The number of aromatic nitrogens is 1. The number of nitrogens with one attached hydrogen (secondary N) is 1. The number of hydrogen-bond donors (Lipinski definition) is 4. The molecule has 0 amide bonds. The Bertz CT molecular complexity index is 608. The quantitative estimate of drug-likeness (QED) is 0.466. The van der Waals surface area contributed by atoms with Crippen LogP contribution in [0.4, 0.5) is 5.69 Å². The molecule has 0 aliphatic heterocycles. The lowest BCUT2D eigenvalue weighted by Gasteiger charge is -1.99. The van der Waals surface area contributed by atoms with E-state index in [0.29, 0.717) is 5.69 Å². The number of guanidine groups is 2. The first-order valence-corrected chi connectivity index (χ1v) is 5.56. The first-order valence-electron chi connectivity index (χ1n) is 4.76. The first kappa shape index (κ1) is 11.5. The summed E-state index contributed by atoms with van der Waals surface area (Å²) in [5, 5.41) is 1.02. The van der Waals surface area contributed by atoms with Crippen molar-refractivity contribution in [2.75, 3.05) is 0 Å². The van der Waals surface area contributed by atoms with Crippen molar-refractivity contribution < 1.29 is 0 Å². The van der Waals surface area contributed by atoms with Gasteiger partial charge < -0.3 is 22.2 Å². The number of aliphatic imine (C=N–C) groups is 2. The van der Waals surface area contributed by atoms with Crippen molar-refractivity contribution in [1.29, 1.82) is 0 Å². The smallest absolute Gasteiger partial charge is 0.223 e. The van der Waals surface area contributed by atoms with Crippen LogP contribution in [0.1, 0.15) is 0 Å². The zero-order valence-corrected chi connectivity index (χ0v) is 10.4. The molecule has 2 rings (SSSR count). The van der Waals surface area contributed by atoms with E-state index >= 15 is 0 Å². The average molecular weight is 295 g/mol. The van der Waals surface area contributed by atoms with Crippen LogP contribution in [0.3, 0.4) is 0 Å². The van der Waals surface area contributed by atoms with Crippen LogP contribution in [0.5, 0.6) is 0 Å². The first-order chi connectivity index (χ1) is 8.06. The molecule has 2 aromatic rings. The van der Waals surface area contributed by atoms with Gasteiger partial charge in [-0.2, -0.15) is 4.99 Å². The third-order valence-electron chi connectivity index (χ3n) is 2.08. The fourth-order valence-corrected chi connectivity index (χ4v) is 2.04. The van der Waals surface area contributed by atoms with Gasteiger partial charge in [0.25, 0.3) is 0 Å². The lowest BCUT2D eigenvalue weighted by atomic mass is 10.2. The van der Waals surface area contributed by atoms with Crippen molar-refractivity contribution in [2.45, 2.75) is 0 Å². The number of benzene rings is 1. The molecule has 0 fully saturated rings. The second kappa shape index (κ2) is 4.46. The van der Waals surface area contributed by atoms with Crippen LogP contribution >= 0.6 is 15.9 Å². The van der Waals surface area contributed by atoms with Crippen LogP contribution in [-0.2, 0) is 0 Å². The zero-order valence-electron chi connectivity index (χ0n) is 8.81. The lowest BCUT2D eigenvalue weighted by Crippen LogP contribution is -2.26. The molecule has 6 nitrogen and oxygen atoms in total. The molecular formula is C10H11BrN6. The molecule has 7 heteroatoms. The molecule has 17 heavy (non-hydrogen) atoms. The van der Waals surface area contributed by atoms with Crippen LogP contribution < -0.4 is 17.2 Å². The standard InChI is InChI=1S/C10H11BrN6/c11-7-4-6(16-10(14)17-9(12)13)3-5-1-2-15-8(5)7/h1-4,15H,(H6,12,13,14,16,17). The molecule has 1 aromatic heterocycles. The van der Waals surface area contributed by atoms with Crippen LogP contribution in [-0.4, -0.2) is 16.9 Å². The van der Waals surface area contributed by atoms with Gasteiger partial charge in [-0.05, 0) is 34.1 Å².